The number of hydrogen-bond donors (Lipinski definition) is 1. The molecule has 3 aromatic rings. The summed E-state index contributed by atoms with van der Waals surface area (Å²) in [6, 6.07) is 8.73. The molecule has 4 rings (SSSR count). The van der Waals surface area contributed by atoms with E-state index >= 15 is 0 Å². The lowest BCUT2D eigenvalue weighted by Crippen LogP contribution is -2.40. The molecule has 0 fully saturated rings. The molecule has 3 aromatic heterocycles. The first kappa shape index (κ1) is 19.5. The number of fused-ring (bicyclic) bond motifs is 1. The summed E-state index contributed by atoms with van der Waals surface area (Å²) in [5.41, 5.74) is 5.95. The van der Waals surface area contributed by atoms with Gasteiger partial charge in [0.2, 0.25) is 0 Å². The Balaban J connectivity index is 2.10. The number of aromatic nitrogens is 1. The number of nitriles is 1. The summed E-state index contributed by atoms with van der Waals surface area (Å²) in [7, 11) is 0. The Morgan fingerprint density at radius 1 is 1.33 bits per heavy atom. The van der Waals surface area contributed by atoms with E-state index in [9.17, 15) is 14.9 Å². The van der Waals surface area contributed by atoms with Crippen LogP contribution in [0.15, 0.2) is 56.0 Å². The lowest BCUT2D eigenvalue weighted by atomic mass is 9.88. The third-order valence-electron chi connectivity index (χ3n) is 4.48. The Kier molecular flexibility index (Phi) is 4.93. The van der Waals surface area contributed by atoms with E-state index in [2.05, 4.69) is 0 Å². The topological polar surface area (TPSA) is 124 Å². The zero-order valence-electron chi connectivity index (χ0n) is 16.1. The molecule has 0 radical (unpaired) electrons. The Hall–Kier alpha value is -3.77. The molecule has 30 heavy (non-hydrogen) atoms. The van der Waals surface area contributed by atoms with Gasteiger partial charge in [-0.1, -0.05) is 0 Å². The number of thiazole rings is 1. The summed E-state index contributed by atoms with van der Waals surface area (Å²) in [5, 5.41) is 9.81. The number of nitrogens with two attached hydrogens (primary N) is 1. The minimum Gasteiger partial charge on any atom is -0.468 e. The molecular formula is C21H17N3O5S. The van der Waals surface area contributed by atoms with Crippen LogP contribution >= 0.6 is 11.3 Å². The van der Waals surface area contributed by atoms with Crippen LogP contribution in [0, 0.1) is 11.3 Å². The van der Waals surface area contributed by atoms with E-state index < -0.39 is 23.6 Å². The number of rotatable bonds is 4. The Morgan fingerprint density at radius 3 is 2.67 bits per heavy atom. The van der Waals surface area contributed by atoms with Gasteiger partial charge in [0.25, 0.3) is 5.56 Å². The Bertz CT molecular complexity index is 1350. The lowest BCUT2D eigenvalue weighted by Gasteiger charge is -2.23. The molecule has 0 saturated carbocycles. The van der Waals surface area contributed by atoms with Crippen LogP contribution in [0.5, 0.6) is 0 Å². The van der Waals surface area contributed by atoms with Crippen LogP contribution in [-0.4, -0.2) is 16.6 Å². The van der Waals surface area contributed by atoms with Crippen molar-refractivity contribution in [1.82, 2.24) is 4.57 Å². The van der Waals surface area contributed by atoms with Crippen molar-refractivity contribution in [2.24, 2.45) is 5.73 Å². The van der Waals surface area contributed by atoms with Crippen LogP contribution in [-0.2, 0) is 9.53 Å². The van der Waals surface area contributed by atoms with Gasteiger partial charge in [0.1, 0.15) is 22.0 Å². The predicted octanol–water partition coefficient (Wildman–Crippen LogP) is 1.48. The van der Waals surface area contributed by atoms with Crippen molar-refractivity contribution in [3.05, 3.63) is 73.4 Å². The molecule has 0 aromatic carbocycles. The number of furan rings is 2. The summed E-state index contributed by atoms with van der Waals surface area (Å²) >= 11 is 1.07. The largest absolute Gasteiger partial charge is 0.468 e. The maximum absolute atomic E-state index is 13.1. The molecule has 152 valence electrons. The smallest absolute Gasteiger partial charge is 0.338 e. The first-order chi connectivity index (χ1) is 14.4. The Labute approximate surface area is 174 Å². The van der Waals surface area contributed by atoms with Gasteiger partial charge in [0, 0.05) is 6.08 Å². The van der Waals surface area contributed by atoms with Gasteiger partial charge in [-0.3, -0.25) is 9.36 Å². The maximum Gasteiger partial charge on any atom is 0.338 e. The van der Waals surface area contributed by atoms with Gasteiger partial charge in [-0.2, -0.15) is 5.26 Å². The lowest BCUT2D eigenvalue weighted by molar-refractivity contribution is -0.140. The summed E-state index contributed by atoms with van der Waals surface area (Å²) in [6.07, 6.45) is 4.09. The van der Waals surface area contributed by atoms with Crippen molar-refractivity contribution >= 4 is 34.8 Å². The number of carbonyl (C=O) groups excluding carboxylic acids is 1. The van der Waals surface area contributed by atoms with Crippen molar-refractivity contribution < 1.29 is 18.4 Å². The fourth-order valence-corrected chi connectivity index (χ4v) is 4.41. The second kappa shape index (κ2) is 7.57. The molecule has 4 heterocycles. The van der Waals surface area contributed by atoms with Crippen LogP contribution in [0.2, 0.25) is 0 Å². The first-order valence-electron chi connectivity index (χ1n) is 9.08. The Morgan fingerprint density at radius 2 is 2.07 bits per heavy atom. The third-order valence-corrected chi connectivity index (χ3v) is 5.58. The zero-order valence-corrected chi connectivity index (χ0v) is 16.9. The van der Waals surface area contributed by atoms with E-state index in [4.69, 9.17) is 19.3 Å². The van der Waals surface area contributed by atoms with Gasteiger partial charge in [0.15, 0.2) is 0 Å². The minimum atomic E-state index is -0.884. The summed E-state index contributed by atoms with van der Waals surface area (Å²) in [4.78, 5) is 26.2. The molecule has 1 aliphatic rings. The molecule has 0 spiro atoms. The number of hydrogen-bond acceptors (Lipinski definition) is 8. The van der Waals surface area contributed by atoms with Crippen LogP contribution in [0.4, 0.5) is 0 Å². The number of allylic oxidation sites excluding steroid dienone is 1. The molecule has 1 aliphatic heterocycles. The summed E-state index contributed by atoms with van der Waals surface area (Å²) in [6.45, 7) is 3.44. The monoisotopic (exact) mass is 423 g/mol. The van der Waals surface area contributed by atoms with E-state index in [0.29, 0.717) is 20.7 Å². The van der Waals surface area contributed by atoms with Gasteiger partial charge in [-0.05, 0) is 38.1 Å². The second-order valence-electron chi connectivity index (χ2n) is 6.80. The van der Waals surface area contributed by atoms with E-state index in [-0.39, 0.29) is 17.0 Å². The van der Waals surface area contributed by atoms with Crippen molar-refractivity contribution in [3.63, 3.8) is 0 Å². The van der Waals surface area contributed by atoms with Crippen molar-refractivity contribution in [2.75, 3.05) is 0 Å². The van der Waals surface area contributed by atoms with Crippen molar-refractivity contribution in [1.29, 1.82) is 5.26 Å². The summed E-state index contributed by atoms with van der Waals surface area (Å²) < 4.78 is 18.0. The molecule has 2 N–H and O–H groups in total. The molecule has 0 unspecified atom stereocenters. The molecule has 0 aliphatic carbocycles. The molecule has 9 heteroatoms. The van der Waals surface area contributed by atoms with Gasteiger partial charge in [0.05, 0.1) is 46.3 Å². The van der Waals surface area contributed by atoms with Gasteiger partial charge in [-0.15, -0.1) is 11.3 Å². The van der Waals surface area contributed by atoms with E-state index in [1.54, 1.807) is 44.2 Å². The quantitative estimate of drug-likeness (QED) is 0.630. The number of ether oxygens (including phenoxy) is 1. The fourth-order valence-electron chi connectivity index (χ4n) is 3.26. The van der Waals surface area contributed by atoms with E-state index in [0.717, 1.165) is 11.3 Å². The van der Waals surface area contributed by atoms with Crippen LogP contribution in [0.1, 0.15) is 31.3 Å². The minimum absolute atomic E-state index is 0.0394. The fraction of sp³-hybridized carbons (Fsp3) is 0.190. The third kappa shape index (κ3) is 3.17. The molecule has 1 atom stereocenters. The second-order valence-corrected chi connectivity index (χ2v) is 7.83. The van der Waals surface area contributed by atoms with Gasteiger partial charge < -0.3 is 19.3 Å². The van der Waals surface area contributed by atoms with Crippen molar-refractivity contribution in [3.8, 4) is 6.07 Å². The predicted molar refractivity (Wildman–Crippen MR) is 109 cm³/mol. The maximum atomic E-state index is 13.1. The highest BCUT2D eigenvalue weighted by atomic mass is 32.1. The average Bonchev–Trinajstić information content (AvgIpc) is 3.44. The molecule has 0 bridgehead atoms. The molecule has 8 nitrogen and oxygen atoms in total. The highest BCUT2D eigenvalue weighted by molar-refractivity contribution is 7.07. The average molecular weight is 423 g/mol. The highest BCUT2D eigenvalue weighted by Crippen LogP contribution is 2.36. The number of esters is 1. The van der Waals surface area contributed by atoms with Crippen molar-refractivity contribution in [2.45, 2.75) is 25.9 Å². The molecule has 0 amide bonds. The number of nitrogens with zero attached hydrogens (tertiary/aromatic N) is 2. The van der Waals surface area contributed by atoms with E-state index in [1.807, 2.05) is 6.07 Å². The van der Waals surface area contributed by atoms with Crippen LogP contribution in [0.25, 0.3) is 17.5 Å². The normalized spacial score (nSPS) is 16.7. The zero-order chi connectivity index (χ0) is 21.4. The molecular weight excluding hydrogens is 406 g/mol. The van der Waals surface area contributed by atoms with Crippen LogP contribution < -0.4 is 20.5 Å². The van der Waals surface area contributed by atoms with E-state index in [1.165, 1.54) is 17.1 Å². The standard InChI is InChI=1S/C21H17N3O5S/c1-11(2)29-21(26)17-16(14-6-4-8-28-14)13(10-22)18(23)24-19(25)15(30-20(17)24)9-12-5-3-7-27-12/h3-9,11,16H,23H2,1-2H3/b15-9+/t16-/m0/s1. The number of carbonyl (C=O) groups is 1. The summed E-state index contributed by atoms with van der Waals surface area (Å²) in [5.74, 6) is -0.746. The first-order valence-corrected chi connectivity index (χ1v) is 9.89. The van der Waals surface area contributed by atoms with Gasteiger partial charge in [-0.25, -0.2) is 4.79 Å². The van der Waals surface area contributed by atoms with Crippen LogP contribution in [0.3, 0.4) is 0 Å². The SMILES string of the molecule is CC(C)OC(=O)C1=c2s/c(=C/c3ccco3)c(=O)n2C(N)=C(C#N)[C@H]1c1ccco1. The van der Waals surface area contributed by atoms with Gasteiger partial charge >= 0.3 is 5.97 Å². The highest BCUT2D eigenvalue weighted by Gasteiger charge is 2.38. The molecule has 0 saturated heterocycles.